The van der Waals surface area contributed by atoms with Gasteiger partial charge in [0.25, 0.3) is 0 Å². The first-order valence-corrected chi connectivity index (χ1v) is 5.31. The zero-order valence-electron chi connectivity index (χ0n) is 8.41. The minimum absolute atomic E-state index is 0.106. The van der Waals surface area contributed by atoms with Gasteiger partial charge in [0.1, 0.15) is 6.23 Å². The van der Waals surface area contributed by atoms with Crippen molar-refractivity contribution >= 4 is 0 Å². The molecule has 0 aromatic heterocycles. The Bertz CT molecular complexity index is 133. The van der Waals surface area contributed by atoms with Gasteiger partial charge in [0.2, 0.25) is 0 Å². The van der Waals surface area contributed by atoms with Gasteiger partial charge in [-0.25, -0.2) is 0 Å². The molecule has 0 aromatic rings. The molecule has 3 N–H and O–H groups in total. The van der Waals surface area contributed by atoms with Gasteiger partial charge < -0.3 is 15.6 Å². The van der Waals surface area contributed by atoms with Crippen molar-refractivity contribution in [2.45, 2.75) is 63.9 Å². The average molecular weight is 187 g/mol. The summed E-state index contributed by atoms with van der Waals surface area (Å²) in [6, 6.07) is 0. The van der Waals surface area contributed by atoms with Crippen LogP contribution in [0.1, 0.15) is 45.4 Å². The predicted octanol–water partition coefficient (Wildman–Crippen LogP) is 1.39. The van der Waals surface area contributed by atoms with Gasteiger partial charge in [-0.3, -0.25) is 0 Å². The summed E-state index contributed by atoms with van der Waals surface area (Å²) in [5.74, 6) is 0. The van der Waals surface area contributed by atoms with Crippen LogP contribution in [0.15, 0.2) is 0 Å². The molecule has 0 saturated heterocycles. The van der Waals surface area contributed by atoms with Crippen LogP contribution in [-0.4, -0.2) is 23.5 Å². The van der Waals surface area contributed by atoms with E-state index in [-0.39, 0.29) is 18.4 Å². The summed E-state index contributed by atoms with van der Waals surface area (Å²) >= 11 is 0. The van der Waals surface area contributed by atoms with Crippen LogP contribution < -0.4 is 5.73 Å². The van der Waals surface area contributed by atoms with Crippen LogP contribution in [0.4, 0.5) is 0 Å². The van der Waals surface area contributed by atoms with E-state index in [4.69, 9.17) is 10.5 Å². The Morgan fingerprint density at radius 3 is 2.54 bits per heavy atom. The molecule has 0 unspecified atom stereocenters. The maximum absolute atomic E-state index is 9.28. The van der Waals surface area contributed by atoms with Crippen LogP contribution in [-0.2, 0) is 4.74 Å². The van der Waals surface area contributed by atoms with Crippen LogP contribution in [0.5, 0.6) is 0 Å². The molecule has 1 aliphatic carbocycles. The third-order valence-electron chi connectivity index (χ3n) is 2.58. The highest BCUT2D eigenvalue weighted by Crippen LogP contribution is 2.21. The Morgan fingerprint density at radius 1 is 1.38 bits per heavy atom. The molecule has 0 amide bonds. The summed E-state index contributed by atoms with van der Waals surface area (Å²) in [5.41, 5.74) is 5.76. The zero-order valence-corrected chi connectivity index (χ0v) is 8.41. The van der Waals surface area contributed by atoms with Gasteiger partial charge in [-0.05, 0) is 32.1 Å². The van der Waals surface area contributed by atoms with E-state index in [1.807, 2.05) is 0 Å². The number of aliphatic hydroxyl groups excluding tert-OH is 1. The van der Waals surface area contributed by atoms with Gasteiger partial charge >= 0.3 is 0 Å². The van der Waals surface area contributed by atoms with E-state index >= 15 is 0 Å². The molecule has 0 heterocycles. The molecule has 1 fully saturated rings. The molecule has 0 aliphatic heterocycles. The monoisotopic (exact) mass is 187 g/mol. The SMILES string of the molecule is CCC[C@@H](N)O[C@H]1CC[C@H](O)CC1. The fourth-order valence-electron chi connectivity index (χ4n) is 1.78. The first-order valence-electron chi connectivity index (χ1n) is 5.31. The number of hydrogen-bond acceptors (Lipinski definition) is 3. The average Bonchev–Trinajstić information content (AvgIpc) is 2.09. The Morgan fingerprint density at radius 2 is 2.00 bits per heavy atom. The van der Waals surface area contributed by atoms with E-state index < -0.39 is 0 Å². The second-order valence-corrected chi connectivity index (χ2v) is 3.89. The summed E-state index contributed by atoms with van der Waals surface area (Å²) < 4.78 is 5.65. The molecule has 3 nitrogen and oxygen atoms in total. The van der Waals surface area contributed by atoms with E-state index in [0.717, 1.165) is 38.5 Å². The normalized spacial score (nSPS) is 31.6. The quantitative estimate of drug-likeness (QED) is 0.654. The van der Waals surface area contributed by atoms with Crippen molar-refractivity contribution in [3.05, 3.63) is 0 Å². The summed E-state index contributed by atoms with van der Waals surface area (Å²) in [5, 5.41) is 9.28. The van der Waals surface area contributed by atoms with Crippen molar-refractivity contribution in [3.63, 3.8) is 0 Å². The second kappa shape index (κ2) is 5.58. The molecule has 1 saturated carbocycles. The van der Waals surface area contributed by atoms with Crippen LogP contribution in [0.25, 0.3) is 0 Å². The molecule has 1 rings (SSSR count). The summed E-state index contributed by atoms with van der Waals surface area (Å²) in [6.07, 6.45) is 5.71. The van der Waals surface area contributed by atoms with Crippen molar-refractivity contribution < 1.29 is 9.84 Å². The molecule has 78 valence electrons. The summed E-state index contributed by atoms with van der Waals surface area (Å²) in [4.78, 5) is 0. The first kappa shape index (κ1) is 11.0. The van der Waals surface area contributed by atoms with Gasteiger partial charge in [-0.1, -0.05) is 13.3 Å². The lowest BCUT2D eigenvalue weighted by molar-refractivity contribution is -0.0482. The fraction of sp³-hybridized carbons (Fsp3) is 1.00. The molecule has 3 heteroatoms. The number of aliphatic hydroxyl groups is 1. The van der Waals surface area contributed by atoms with Crippen LogP contribution >= 0.6 is 0 Å². The van der Waals surface area contributed by atoms with Gasteiger partial charge in [-0.15, -0.1) is 0 Å². The molecule has 0 bridgehead atoms. The van der Waals surface area contributed by atoms with Gasteiger partial charge in [0.05, 0.1) is 12.2 Å². The Labute approximate surface area is 80.3 Å². The smallest absolute Gasteiger partial charge is 0.105 e. The van der Waals surface area contributed by atoms with Crippen LogP contribution in [0, 0.1) is 0 Å². The standard InChI is InChI=1S/C10H21NO2/c1-2-3-10(11)13-9-6-4-8(12)5-7-9/h8-10,12H,2-7,11H2,1H3/t8-,9-,10-/m0/s1. The minimum atomic E-state index is -0.109. The summed E-state index contributed by atoms with van der Waals surface area (Å²) in [7, 11) is 0. The number of rotatable bonds is 4. The lowest BCUT2D eigenvalue weighted by atomic mass is 9.95. The highest BCUT2D eigenvalue weighted by molar-refractivity contribution is 4.72. The van der Waals surface area contributed by atoms with Crippen molar-refractivity contribution in [2.24, 2.45) is 5.73 Å². The molecule has 0 aromatic carbocycles. The number of ether oxygens (including phenoxy) is 1. The molecular weight excluding hydrogens is 166 g/mol. The fourth-order valence-corrected chi connectivity index (χ4v) is 1.78. The van der Waals surface area contributed by atoms with E-state index in [9.17, 15) is 5.11 Å². The molecule has 13 heavy (non-hydrogen) atoms. The maximum atomic E-state index is 9.28. The van der Waals surface area contributed by atoms with Crippen LogP contribution in [0.2, 0.25) is 0 Å². The van der Waals surface area contributed by atoms with Gasteiger partial charge in [0.15, 0.2) is 0 Å². The molecule has 1 aliphatic rings. The van der Waals surface area contributed by atoms with Crippen LogP contribution in [0.3, 0.4) is 0 Å². The number of nitrogens with two attached hydrogens (primary N) is 1. The minimum Gasteiger partial charge on any atom is -0.393 e. The highest BCUT2D eigenvalue weighted by Gasteiger charge is 2.21. The Hall–Kier alpha value is -0.120. The third-order valence-corrected chi connectivity index (χ3v) is 2.58. The Balaban J connectivity index is 2.14. The maximum Gasteiger partial charge on any atom is 0.105 e. The molecular formula is C10H21NO2. The molecule has 1 atom stereocenters. The topological polar surface area (TPSA) is 55.5 Å². The predicted molar refractivity (Wildman–Crippen MR) is 52.2 cm³/mol. The second-order valence-electron chi connectivity index (χ2n) is 3.89. The van der Waals surface area contributed by atoms with Crippen molar-refractivity contribution in [1.29, 1.82) is 0 Å². The first-order chi connectivity index (χ1) is 6.22. The van der Waals surface area contributed by atoms with E-state index in [1.54, 1.807) is 0 Å². The zero-order chi connectivity index (χ0) is 9.68. The van der Waals surface area contributed by atoms with Crippen molar-refractivity contribution in [2.75, 3.05) is 0 Å². The number of hydrogen-bond donors (Lipinski definition) is 2. The third kappa shape index (κ3) is 4.07. The van der Waals surface area contributed by atoms with Gasteiger partial charge in [-0.2, -0.15) is 0 Å². The molecule has 0 radical (unpaired) electrons. The van der Waals surface area contributed by atoms with Crippen molar-refractivity contribution in [3.8, 4) is 0 Å². The summed E-state index contributed by atoms with van der Waals surface area (Å²) in [6.45, 7) is 2.11. The molecule has 0 spiro atoms. The van der Waals surface area contributed by atoms with Gasteiger partial charge in [0, 0.05) is 0 Å². The Kier molecular flexibility index (Phi) is 4.70. The largest absolute Gasteiger partial charge is 0.393 e. The lowest BCUT2D eigenvalue weighted by Gasteiger charge is -2.27. The lowest BCUT2D eigenvalue weighted by Crippen LogP contribution is -2.33. The van der Waals surface area contributed by atoms with E-state index in [0.29, 0.717) is 0 Å². The van der Waals surface area contributed by atoms with E-state index in [1.165, 1.54) is 0 Å². The highest BCUT2D eigenvalue weighted by atomic mass is 16.5. The van der Waals surface area contributed by atoms with Crippen molar-refractivity contribution in [1.82, 2.24) is 0 Å². The van der Waals surface area contributed by atoms with E-state index in [2.05, 4.69) is 6.92 Å².